The molecule has 2 N–H and O–H groups in total. The summed E-state index contributed by atoms with van der Waals surface area (Å²) in [4.78, 5) is 4.45. The lowest BCUT2D eigenvalue weighted by atomic mass is 10.5. The molecule has 0 radical (unpaired) electrons. The Morgan fingerprint density at radius 3 is 2.89 bits per heavy atom. The van der Waals surface area contributed by atoms with E-state index in [1.54, 1.807) is 6.92 Å². The molecule has 54 valence electrons. The Morgan fingerprint density at radius 1 is 1.78 bits per heavy atom. The number of aliphatic hydroxyl groups excluding tert-OH is 2. The van der Waals surface area contributed by atoms with Crippen LogP contribution in [0.4, 0.5) is 0 Å². The minimum atomic E-state index is -0.594. The molecule has 0 saturated carbocycles. The van der Waals surface area contributed by atoms with Gasteiger partial charge in [0.1, 0.15) is 6.61 Å². The molecule has 0 aliphatic heterocycles. The second-order valence-electron chi connectivity index (χ2n) is 1.55. The zero-order valence-electron chi connectivity index (χ0n) is 5.32. The van der Waals surface area contributed by atoms with Crippen LogP contribution in [0.25, 0.3) is 0 Å². The first-order valence-electron chi connectivity index (χ1n) is 2.71. The van der Waals surface area contributed by atoms with Crippen molar-refractivity contribution in [3.63, 3.8) is 0 Å². The van der Waals surface area contributed by atoms with Gasteiger partial charge in [-0.2, -0.15) is 0 Å². The molecular formula is C5H11NO3. The highest BCUT2D eigenvalue weighted by Gasteiger charge is 1.84. The van der Waals surface area contributed by atoms with Crippen molar-refractivity contribution >= 4 is 6.21 Å². The normalized spacial score (nSPS) is 14.1. The van der Waals surface area contributed by atoms with E-state index in [2.05, 4.69) is 9.99 Å². The molecule has 0 aromatic carbocycles. The highest BCUT2D eigenvalue weighted by Crippen LogP contribution is 1.75. The minimum absolute atomic E-state index is 0.0584. The highest BCUT2D eigenvalue weighted by molar-refractivity contribution is 5.61. The molecule has 0 rings (SSSR count). The molecule has 0 saturated heterocycles. The van der Waals surface area contributed by atoms with Crippen molar-refractivity contribution in [2.24, 2.45) is 5.16 Å². The van der Waals surface area contributed by atoms with Gasteiger partial charge in [-0.05, 0) is 6.92 Å². The largest absolute Gasteiger partial charge is 0.394 e. The van der Waals surface area contributed by atoms with Crippen molar-refractivity contribution in [2.75, 3.05) is 13.2 Å². The first-order chi connectivity index (χ1) is 4.27. The maximum Gasteiger partial charge on any atom is 0.140 e. The van der Waals surface area contributed by atoms with Crippen LogP contribution in [-0.4, -0.2) is 35.7 Å². The third-order valence-corrected chi connectivity index (χ3v) is 0.534. The second kappa shape index (κ2) is 5.53. The summed E-state index contributed by atoms with van der Waals surface area (Å²) in [6.45, 7) is 1.67. The standard InChI is InChI=1S/C5H11NO3/c1-5(8)4-6-9-3-2-7/h4-5,7-8H,2-3H2,1H3/b6-4+. The summed E-state index contributed by atoms with van der Waals surface area (Å²) in [7, 11) is 0. The molecule has 0 heterocycles. The monoisotopic (exact) mass is 133 g/mol. The van der Waals surface area contributed by atoms with E-state index in [1.165, 1.54) is 6.21 Å². The van der Waals surface area contributed by atoms with Crippen LogP contribution in [0.15, 0.2) is 5.16 Å². The summed E-state index contributed by atoms with van der Waals surface area (Å²) in [5, 5.41) is 20.1. The van der Waals surface area contributed by atoms with Crippen LogP contribution in [0.2, 0.25) is 0 Å². The predicted octanol–water partition coefficient (Wildman–Crippen LogP) is -0.638. The molecule has 0 aliphatic carbocycles. The molecule has 0 aromatic rings. The number of rotatable bonds is 4. The van der Waals surface area contributed by atoms with Crippen LogP contribution in [0, 0.1) is 0 Å². The van der Waals surface area contributed by atoms with Crippen molar-refractivity contribution in [3.05, 3.63) is 0 Å². The number of hydrogen-bond acceptors (Lipinski definition) is 4. The molecule has 0 aromatic heterocycles. The zero-order chi connectivity index (χ0) is 7.11. The van der Waals surface area contributed by atoms with E-state index >= 15 is 0 Å². The lowest BCUT2D eigenvalue weighted by Gasteiger charge is -1.94. The average molecular weight is 133 g/mol. The first kappa shape index (κ1) is 8.39. The van der Waals surface area contributed by atoms with E-state index in [1.807, 2.05) is 0 Å². The number of nitrogens with zero attached hydrogens (tertiary/aromatic N) is 1. The first-order valence-corrected chi connectivity index (χ1v) is 2.71. The SMILES string of the molecule is CC(O)/C=N/OCCO. The maximum atomic E-state index is 8.56. The van der Waals surface area contributed by atoms with Gasteiger partial charge >= 0.3 is 0 Å². The van der Waals surface area contributed by atoms with Gasteiger partial charge in [0, 0.05) is 0 Å². The molecule has 0 spiro atoms. The Balaban J connectivity index is 3.04. The summed E-state index contributed by atoms with van der Waals surface area (Å²) in [6, 6.07) is 0. The van der Waals surface area contributed by atoms with Gasteiger partial charge in [0.25, 0.3) is 0 Å². The molecule has 0 fully saturated rings. The van der Waals surface area contributed by atoms with Gasteiger partial charge in [-0.25, -0.2) is 0 Å². The van der Waals surface area contributed by atoms with Crippen molar-refractivity contribution < 1.29 is 15.1 Å². The van der Waals surface area contributed by atoms with Gasteiger partial charge in [0.2, 0.25) is 0 Å². The van der Waals surface area contributed by atoms with Crippen LogP contribution < -0.4 is 0 Å². The van der Waals surface area contributed by atoms with E-state index in [0.717, 1.165) is 0 Å². The average Bonchev–Trinajstić information content (AvgIpc) is 1.80. The Labute approximate surface area is 53.8 Å². The summed E-state index contributed by atoms with van der Waals surface area (Å²) in [5.41, 5.74) is 0. The lowest BCUT2D eigenvalue weighted by molar-refractivity contribution is 0.0972. The second-order valence-corrected chi connectivity index (χ2v) is 1.55. The van der Waals surface area contributed by atoms with Crippen LogP contribution in [0.1, 0.15) is 6.92 Å². The van der Waals surface area contributed by atoms with E-state index in [0.29, 0.717) is 0 Å². The number of hydrogen-bond donors (Lipinski definition) is 2. The van der Waals surface area contributed by atoms with Gasteiger partial charge in [-0.1, -0.05) is 5.16 Å². The van der Waals surface area contributed by atoms with Gasteiger partial charge in [-0.3, -0.25) is 0 Å². The smallest absolute Gasteiger partial charge is 0.140 e. The predicted molar refractivity (Wildman–Crippen MR) is 33.2 cm³/mol. The van der Waals surface area contributed by atoms with E-state index in [4.69, 9.17) is 10.2 Å². The van der Waals surface area contributed by atoms with E-state index < -0.39 is 6.10 Å². The summed E-state index contributed by atoms with van der Waals surface area (Å²) >= 11 is 0. The van der Waals surface area contributed by atoms with Crippen molar-refractivity contribution in [1.29, 1.82) is 0 Å². The van der Waals surface area contributed by atoms with Gasteiger partial charge in [-0.15, -0.1) is 0 Å². The molecule has 0 bridgehead atoms. The van der Waals surface area contributed by atoms with Crippen molar-refractivity contribution in [2.45, 2.75) is 13.0 Å². The third kappa shape index (κ3) is 7.39. The third-order valence-electron chi connectivity index (χ3n) is 0.534. The van der Waals surface area contributed by atoms with Crippen LogP contribution in [0.3, 0.4) is 0 Å². The minimum Gasteiger partial charge on any atom is -0.394 e. The van der Waals surface area contributed by atoms with E-state index in [9.17, 15) is 0 Å². The van der Waals surface area contributed by atoms with Gasteiger partial charge in [0.05, 0.1) is 18.9 Å². The van der Waals surface area contributed by atoms with Crippen LogP contribution in [-0.2, 0) is 4.84 Å². The highest BCUT2D eigenvalue weighted by atomic mass is 16.6. The molecule has 9 heavy (non-hydrogen) atoms. The quantitative estimate of drug-likeness (QED) is 0.304. The Hall–Kier alpha value is -0.610. The lowest BCUT2D eigenvalue weighted by Crippen LogP contribution is -2.01. The summed E-state index contributed by atoms with van der Waals surface area (Å²) in [6.07, 6.45) is 0.652. The van der Waals surface area contributed by atoms with Crippen LogP contribution in [0.5, 0.6) is 0 Å². The topological polar surface area (TPSA) is 62.1 Å². The maximum absolute atomic E-state index is 8.56. The molecule has 4 heteroatoms. The number of aliphatic hydroxyl groups is 2. The molecule has 4 nitrogen and oxygen atoms in total. The Bertz CT molecular complexity index is 82.3. The van der Waals surface area contributed by atoms with Gasteiger partial charge in [0.15, 0.2) is 0 Å². The molecule has 0 amide bonds. The molecular weight excluding hydrogens is 122 g/mol. The zero-order valence-corrected chi connectivity index (χ0v) is 5.32. The fourth-order valence-electron chi connectivity index (χ4n) is 0.225. The summed E-state index contributed by atoms with van der Waals surface area (Å²) < 4.78 is 0. The fraction of sp³-hybridized carbons (Fsp3) is 0.800. The van der Waals surface area contributed by atoms with Crippen molar-refractivity contribution in [1.82, 2.24) is 0 Å². The Kier molecular flexibility index (Phi) is 5.15. The number of oxime groups is 1. The molecule has 1 unspecified atom stereocenters. The fourth-order valence-corrected chi connectivity index (χ4v) is 0.225. The molecule has 1 atom stereocenters. The van der Waals surface area contributed by atoms with Gasteiger partial charge < -0.3 is 15.1 Å². The molecule has 0 aliphatic rings. The Morgan fingerprint density at radius 2 is 2.44 bits per heavy atom. The van der Waals surface area contributed by atoms with Crippen LogP contribution >= 0.6 is 0 Å². The van der Waals surface area contributed by atoms with Crippen molar-refractivity contribution in [3.8, 4) is 0 Å². The summed E-state index contributed by atoms with van der Waals surface area (Å²) in [5.74, 6) is 0. The van der Waals surface area contributed by atoms with E-state index in [-0.39, 0.29) is 13.2 Å².